The van der Waals surface area contributed by atoms with E-state index in [-0.39, 0.29) is 18.2 Å². The zero-order valence-corrected chi connectivity index (χ0v) is 18.1. The average molecular weight is 408 g/mol. The van der Waals surface area contributed by atoms with E-state index in [9.17, 15) is 4.39 Å². The van der Waals surface area contributed by atoms with E-state index in [2.05, 4.69) is 24.9 Å². The summed E-state index contributed by atoms with van der Waals surface area (Å²) in [5.74, 6) is 2.05. The maximum Gasteiger partial charge on any atom is 0.164 e. The SMILES string of the molecule is COc1cc(C)c2c(c1OC)CCCC2CN(C)CCc1cccc(F)c1.Cl. The molecule has 1 unspecified atom stereocenters. The standard InChI is InChI=1S/C23H30FNO2.ClH/c1-16-13-21(26-3)23(27-4)20-10-6-8-18(22(16)20)15-25(2)12-11-17-7-5-9-19(24)14-17;/h5,7,9,13-14,18H,6,8,10-12,15H2,1-4H3;1H. The maximum absolute atomic E-state index is 13.4. The van der Waals surface area contributed by atoms with Crippen LogP contribution in [0.4, 0.5) is 4.39 Å². The normalized spacial score (nSPS) is 15.7. The lowest BCUT2D eigenvalue weighted by Crippen LogP contribution is -2.29. The van der Waals surface area contributed by atoms with Gasteiger partial charge in [-0.1, -0.05) is 12.1 Å². The van der Waals surface area contributed by atoms with Crippen molar-refractivity contribution in [3.63, 3.8) is 0 Å². The Morgan fingerprint density at radius 3 is 2.64 bits per heavy atom. The molecule has 0 saturated heterocycles. The summed E-state index contributed by atoms with van der Waals surface area (Å²) < 4.78 is 24.6. The van der Waals surface area contributed by atoms with E-state index in [1.165, 1.54) is 35.6 Å². The van der Waals surface area contributed by atoms with Gasteiger partial charge in [0.25, 0.3) is 0 Å². The summed E-state index contributed by atoms with van der Waals surface area (Å²) >= 11 is 0. The number of rotatable bonds is 7. The Balaban J connectivity index is 0.00000280. The number of hydrogen-bond donors (Lipinski definition) is 0. The van der Waals surface area contributed by atoms with Crippen molar-refractivity contribution in [2.75, 3.05) is 34.4 Å². The minimum atomic E-state index is -0.159. The Hall–Kier alpha value is -1.78. The van der Waals surface area contributed by atoms with Gasteiger partial charge >= 0.3 is 0 Å². The van der Waals surface area contributed by atoms with Crippen molar-refractivity contribution in [1.29, 1.82) is 0 Å². The van der Waals surface area contributed by atoms with Crippen molar-refractivity contribution in [2.24, 2.45) is 0 Å². The first-order valence-corrected chi connectivity index (χ1v) is 9.70. The van der Waals surface area contributed by atoms with Crippen LogP contribution >= 0.6 is 12.4 Å². The molecule has 2 aromatic carbocycles. The lowest BCUT2D eigenvalue weighted by Gasteiger charge is -2.32. The van der Waals surface area contributed by atoms with Crippen molar-refractivity contribution in [1.82, 2.24) is 4.90 Å². The van der Waals surface area contributed by atoms with Gasteiger partial charge in [0.1, 0.15) is 5.82 Å². The van der Waals surface area contributed by atoms with E-state index in [0.29, 0.717) is 5.92 Å². The first kappa shape index (κ1) is 22.5. The fourth-order valence-electron chi connectivity index (χ4n) is 4.37. The fourth-order valence-corrected chi connectivity index (χ4v) is 4.37. The fraction of sp³-hybridized carbons (Fsp3) is 0.478. The third-order valence-corrected chi connectivity index (χ3v) is 5.61. The quantitative estimate of drug-likeness (QED) is 0.632. The Morgan fingerprint density at radius 1 is 1.18 bits per heavy atom. The Morgan fingerprint density at radius 2 is 1.96 bits per heavy atom. The minimum Gasteiger partial charge on any atom is -0.493 e. The molecule has 3 nitrogen and oxygen atoms in total. The molecule has 3 rings (SSSR count). The van der Waals surface area contributed by atoms with Crippen molar-refractivity contribution < 1.29 is 13.9 Å². The van der Waals surface area contributed by atoms with Gasteiger partial charge < -0.3 is 14.4 Å². The number of likely N-dealkylation sites (N-methyl/N-ethyl adjacent to an activating group) is 1. The van der Waals surface area contributed by atoms with Gasteiger partial charge in [-0.3, -0.25) is 0 Å². The highest BCUT2D eigenvalue weighted by Gasteiger charge is 2.28. The Labute approximate surface area is 174 Å². The predicted molar refractivity (Wildman–Crippen MR) is 115 cm³/mol. The van der Waals surface area contributed by atoms with Crippen LogP contribution in [0.5, 0.6) is 11.5 Å². The molecule has 2 aromatic rings. The molecular weight excluding hydrogens is 377 g/mol. The van der Waals surface area contributed by atoms with Gasteiger partial charge in [-0.2, -0.15) is 0 Å². The first-order valence-electron chi connectivity index (χ1n) is 9.70. The molecule has 0 spiro atoms. The number of benzene rings is 2. The molecular formula is C23H31ClFNO2. The van der Waals surface area contributed by atoms with Crippen LogP contribution in [0.15, 0.2) is 30.3 Å². The van der Waals surface area contributed by atoms with Gasteiger partial charge in [-0.25, -0.2) is 4.39 Å². The van der Waals surface area contributed by atoms with Crippen molar-refractivity contribution in [3.8, 4) is 11.5 Å². The highest BCUT2D eigenvalue weighted by atomic mass is 35.5. The van der Waals surface area contributed by atoms with Crippen molar-refractivity contribution in [2.45, 2.75) is 38.5 Å². The molecule has 0 fully saturated rings. The van der Waals surface area contributed by atoms with E-state index in [0.717, 1.165) is 43.0 Å². The largest absolute Gasteiger partial charge is 0.493 e. The number of halogens is 2. The summed E-state index contributed by atoms with van der Waals surface area (Å²) in [7, 11) is 5.58. The Kier molecular flexibility index (Phi) is 8.14. The summed E-state index contributed by atoms with van der Waals surface area (Å²) in [4.78, 5) is 2.36. The van der Waals surface area contributed by atoms with Crippen LogP contribution in [-0.2, 0) is 12.8 Å². The second-order valence-electron chi connectivity index (χ2n) is 7.55. The number of aryl methyl sites for hydroxylation is 1. The lowest BCUT2D eigenvalue weighted by molar-refractivity contribution is 0.297. The van der Waals surface area contributed by atoms with Crippen LogP contribution in [0.3, 0.4) is 0 Å². The summed E-state index contributed by atoms with van der Waals surface area (Å²) in [6, 6.07) is 9.00. The minimum absolute atomic E-state index is 0. The van der Waals surface area contributed by atoms with Crippen LogP contribution in [0, 0.1) is 12.7 Å². The van der Waals surface area contributed by atoms with Crippen molar-refractivity contribution in [3.05, 3.63) is 58.4 Å². The molecule has 1 atom stereocenters. The molecule has 28 heavy (non-hydrogen) atoms. The van der Waals surface area contributed by atoms with Crippen LogP contribution in [0.25, 0.3) is 0 Å². The molecule has 1 aliphatic carbocycles. The highest BCUT2D eigenvalue weighted by molar-refractivity contribution is 5.85. The van der Waals surface area contributed by atoms with Crippen LogP contribution in [-0.4, -0.2) is 39.3 Å². The van der Waals surface area contributed by atoms with Gasteiger partial charge in [0.2, 0.25) is 0 Å². The van der Waals surface area contributed by atoms with Crippen LogP contribution in [0.2, 0.25) is 0 Å². The average Bonchev–Trinajstić information content (AvgIpc) is 2.66. The molecule has 1 aliphatic rings. The molecule has 0 aliphatic heterocycles. The molecule has 0 radical (unpaired) electrons. The van der Waals surface area contributed by atoms with E-state index >= 15 is 0 Å². The molecule has 0 aromatic heterocycles. The second-order valence-corrected chi connectivity index (χ2v) is 7.55. The highest BCUT2D eigenvalue weighted by Crippen LogP contribution is 2.44. The lowest BCUT2D eigenvalue weighted by atomic mass is 9.79. The third kappa shape index (κ3) is 4.98. The third-order valence-electron chi connectivity index (χ3n) is 5.61. The molecule has 5 heteroatoms. The number of ether oxygens (including phenoxy) is 2. The van der Waals surface area contributed by atoms with Crippen LogP contribution < -0.4 is 9.47 Å². The van der Waals surface area contributed by atoms with E-state index in [4.69, 9.17) is 9.47 Å². The van der Waals surface area contributed by atoms with Crippen LogP contribution in [0.1, 0.15) is 41.0 Å². The van der Waals surface area contributed by atoms with Gasteiger partial charge in [0.15, 0.2) is 11.5 Å². The topological polar surface area (TPSA) is 21.7 Å². The summed E-state index contributed by atoms with van der Waals surface area (Å²) in [6.07, 6.45) is 4.25. The molecule has 0 heterocycles. The summed E-state index contributed by atoms with van der Waals surface area (Å²) in [5.41, 5.74) is 5.07. The smallest absolute Gasteiger partial charge is 0.164 e. The van der Waals surface area contributed by atoms with Gasteiger partial charge in [0, 0.05) is 18.7 Å². The van der Waals surface area contributed by atoms with Gasteiger partial charge in [-0.15, -0.1) is 12.4 Å². The predicted octanol–water partition coefficient (Wildman–Crippen LogP) is 5.17. The molecule has 0 amide bonds. The number of methoxy groups -OCH3 is 2. The van der Waals surface area contributed by atoms with E-state index in [1.807, 2.05) is 6.07 Å². The molecule has 0 saturated carbocycles. The maximum atomic E-state index is 13.4. The number of nitrogens with zero attached hydrogens (tertiary/aromatic N) is 1. The molecule has 0 bridgehead atoms. The summed E-state index contributed by atoms with van der Waals surface area (Å²) in [6.45, 7) is 4.09. The monoisotopic (exact) mass is 407 g/mol. The summed E-state index contributed by atoms with van der Waals surface area (Å²) in [5, 5.41) is 0. The Bertz CT molecular complexity index is 796. The zero-order chi connectivity index (χ0) is 19.4. The second kappa shape index (κ2) is 10.1. The van der Waals surface area contributed by atoms with Gasteiger partial charge in [0.05, 0.1) is 14.2 Å². The molecule has 0 N–H and O–H groups in total. The number of hydrogen-bond acceptors (Lipinski definition) is 3. The molecule has 154 valence electrons. The van der Waals surface area contributed by atoms with E-state index in [1.54, 1.807) is 26.4 Å². The first-order chi connectivity index (χ1) is 13.0. The van der Waals surface area contributed by atoms with Gasteiger partial charge in [-0.05, 0) is 80.5 Å². The number of fused-ring (bicyclic) bond motifs is 1. The van der Waals surface area contributed by atoms with E-state index < -0.39 is 0 Å². The zero-order valence-electron chi connectivity index (χ0n) is 17.3. The van der Waals surface area contributed by atoms with Crippen molar-refractivity contribution >= 4 is 12.4 Å².